The van der Waals surface area contributed by atoms with Gasteiger partial charge in [0.25, 0.3) is 0 Å². The number of halogens is 1. The molecule has 0 radical (unpaired) electrons. The van der Waals surface area contributed by atoms with E-state index in [4.69, 9.17) is 16.3 Å². The van der Waals surface area contributed by atoms with Crippen LogP contribution in [0, 0.1) is 6.92 Å². The van der Waals surface area contributed by atoms with Crippen molar-refractivity contribution in [2.24, 2.45) is 0 Å². The number of urea groups is 1. The van der Waals surface area contributed by atoms with Crippen LogP contribution in [-0.4, -0.2) is 18.6 Å². The molecule has 2 N–H and O–H groups in total. The number of aryl methyl sites for hydroxylation is 1. The van der Waals surface area contributed by atoms with E-state index in [2.05, 4.69) is 10.6 Å². The average Bonchev–Trinajstić information content (AvgIpc) is 2.56. The highest BCUT2D eigenvalue weighted by Gasteiger charge is 2.08. The maximum absolute atomic E-state index is 12.0. The Kier molecular flexibility index (Phi) is 6.21. The first-order valence-electron chi connectivity index (χ1n) is 7.56. The first kappa shape index (κ1) is 17.8. The number of carbonyl (C=O) groups is 2. The average molecular weight is 347 g/mol. The number of benzene rings is 2. The Bertz CT molecular complexity index is 747. The maximum atomic E-state index is 12.0. The second-order valence-corrected chi connectivity index (χ2v) is 5.60. The SMILES string of the molecule is CCOC(=O)c1cccc(NC(=O)NCc2ccc(C)c(Cl)c2)c1. The number of nitrogens with one attached hydrogen (secondary N) is 2. The number of anilines is 1. The summed E-state index contributed by atoms with van der Waals surface area (Å²) < 4.78 is 4.93. The second kappa shape index (κ2) is 8.36. The van der Waals surface area contributed by atoms with Crippen molar-refractivity contribution in [1.82, 2.24) is 5.32 Å². The van der Waals surface area contributed by atoms with Crippen LogP contribution in [0.15, 0.2) is 42.5 Å². The van der Waals surface area contributed by atoms with Crippen LogP contribution in [0.3, 0.4) is 0 Å². The van der Waals surface area contributed by atoms with Crippen molar-refractivity contribution < 1.29 is 14.3 Å². The predicted octanol–water partition coefficient (Wildman–Crippen LogP) is 4.15. The van der Waals surface area contributed by atoms with E-state index in [1.165, 1.54) is 0 Å². The van der Waals surface area contributed by atoms with Gasteiger partial charge in [-0.15, -0.1) is 0 Å². The Morgan fingerprint density at radius 2 is 1.96 bits per heavy atom. The van der Waals surface area contributed by atoms with Gasteiger partial charge in [-0.1, -0.05) is 29.8 Å². The highest BCUT2D eigenvalue weighted by atomic mass is 35.5. The van der Waals surface area contributed by atoms with E-state index in [-0.39, 0.29) is 6.03 Å². The minimum Gasteiger partial charge on any atom is -0.462 e. The van der Waals surface area contributed by atoms with E-state index in [1.54, 1.807) is 31.2 Å². The number of hydrogen-bond donors (Lipinski definition) is 2. The van der Waals surface area contributed by atoms with Gasteiger partial charge in [0.2, 0.25) is 0 Å². The Balaban J connectivity index is 1.93. The van der Waals surface area contributed by atoms with E-state index in [1.807, 2.05) is 25.1 Å². The molecule has 2 rings (SSSR count). The number of ether oxygens (including phenoxy) is 1. The summed E-state index contributed by atoms with van der Waals surface area (Å²) in [6.07, 6.45) is 0. The van der Waals surface area contributed by atoms with Gasteiger partial charge in [-0.2, -0.15) is 0 Å². The topological polar surface area (TPSA) is 67.4 Å². The molecule has 2 amide bonds. The Morgan fingerprint density at radius 1 is 1.17 bits per heavy atom. The molecule has 24 heavy (non-hydrogen) atoms. The lowest BCUT2D eigenvalue weighted by molar-refractivity contribution is 0.0526. The zero-order valence-corrected chi connectivity index (χ0v) is 14.3. The van der Waals surface area contributed by atoms with Gasteiger partial charge in [0.05, 0.1) is 12.2 Å². The summed E-state index contributed by atoms with van der Waals surface area (Å²) in [6, 6.07) is 11.8. The van der Waals surface area contributed by atoms with Crippen molar-refractivity contribution in [2.75, 3.05) is 11.9 Å². The van der Waals surface area contributed by atoms with Gasteiger partial charge in [0, 0.05) is 17.3 Å². The van der Waals surface area contributed by atoms with E-state index < -0.39 is 5.97 Å². The van der Waals surface area contributed by atoms with Crippen molar-refractivity contribution >= 4 is 29.3 Å². The first-order chi connectivity index (χ1) is 11.5. The van der Waals surface area contributed by atoms with Crippen LogP contribution in [0.5, 0.6) is 0 Å². The van der Waals surface area contributed by atoms with Gasteiger partial charge >= 0.3 is 12.0 Å². The second-order valence-electron chi connectivity index (χ2n) is 5.19. The molecule has 0 saturated carbocycles. The van der Waals surface area contributed by atoms with Gasteiger partial charge < -0.3 is 15.4 Å². The lowest BCUT2D eigenvalue weighted by Crippen LogP contribution is -2.28. The lowest BCUT2D eigenvalue weighted by atomic mass is 10.1. The Labute approximate surface area is 146 Å². The summed E-state index contributed by atoms with van der Waals surface area (Å²) >= 11 is 6.06. The van der Waals surface area contributed by atoms with Crippen molar-refractivity contribution in [2.45, 2.75) is 20.4 Å². The summed E-state index contributed by atoms with van der Waals surface area (Å²) in [6.45, 7) is 4.31. The van der Waals surface area contributed by atoms with E-state index in [9.17, 15) is 9.59 Å². The molecule has 0 bridgehead atoms. The molecule has 0 atom stereocenters. The van der Waals surface area contributed by atoms with Crippen LogP contribution >= 0.6 is 11.6 Å². The molecule has 0 unspecified atom stereocenters. The Morgan fingerprint density at radius 3 is 2.67 bits per heavy atom. The lowest BCUT2D eigenvalue weighted by Gasteiger charge is -2.09. The molecule has 6 heteroatoms. The molecule has 0 heterocycles. The molecule has 2 aromatic rings. The largest absolute Gasteiger partial charge is 0.462 e. The fraction of sp³-hybridized carbons (Fsp3) is 0.222. The van der Waals surface area contributed by atoms with Crippen LogP contribution in [-0.2, 0) is 11.3 Å². The molecule has 0 fully saturated rings. The number of hydrogen-bond acceptors (Lipinski definition) is 3. The van der Waals surface area contributed by atoms with Crippen LogP contribution in [0.25, 0.3) is 0 Å². The first-order valence-corrected chi connectivity index (χ1v) is 7.94. The number of amides is 2. The van der Waals surface area contributed by atoms with Crippen molar-refractivity contribution in [1.29, 1.82) is 0 Å². The normalized spacial score (nSPS) is 10.1. The molecule has 5 nitrogen and oxygen atoms in total. The maximum Gasteiger partial charge on any atom is 0.338 e. The fourth-order valence-electron chi connectivity index (χ4n) is 2.04. The summed E-state index contributed by atoms with van der Waals surface area (Å²) in [5.41, 5.74) is 2.79. The van der Waals surface area contributed by atoms with Gasteiger partial charge in [0.15, 0.2) is 0 Å². The van der Waals surface area contributed by atoms with Crippen LogP contribution < -0.4 is 10.6 Å². The standard InChI is InChI=1S/C18H19ClN2O3/c1-3-24-17(22)14-5-4-6-15(10-14)21-18(23)20-11-13-8-7-12(2)16(19)9-13/h4-10H,3,11H2,1-2H3,(H2,20,21,23). The Hall–Kier alpha value is -2.53. The molecule has 2 aromatic carbocycles. The molecule has 0 aliphatic carbocycles. The predicted molar refractivity (Wildman–Crippen MR) is 94.4 cm³/mol. The minimum absolute atomic E-state index is 0.302. The van der Waals surface area contributed by atoms with E-state index in [0.29, 0.717) is 29.4 Å². The number of esters is 1. The third-order valence-corrected chi connectivity index (χ3v) is 3.73. The summed E-state index contributed by atoms with van der Waals surface area (Å²) in [5.74, 6) is -0.421. The quantitative estimate of drug-likeness (QED) is 0.799. The third kappa shape index (κ3) is 4.99. The third-order valence-electron chi connectivity index (χ3n) is 3.32. The highest BCUT2D eigenvalue weighted by Crippen LogP contribution is 2.16. The van der Waals surface area contributed by atoms with E-state index >= 15 is 0 Å². The minimum atomic E-state index is -0.421. The van der Waals surface area contributed by atoms with Gasteiger partial charge in [-0.05, 0) is 49.2 Å². The molecule has 126 valence electrons. The van der Waals surface area contributed by atoms with E-state index in [0.717, 1.165) is 11.1 Å². The fourth-order valence-corrected chi connectivity index (χ4v) is 2.25. The molecule has 0 aliphatic rings. The van der Waals surface area contributed by atoms with Crippen molar-refractivity contribution in [3.05, 3.63) is 64.2 Å². The molecule has 0 spiro atoms. The molecular formula is C18H19ClN2O3. The smallest absolute Gasteiger partial charge is 0.338 e. The van der Waals surface area contributed by atoms with Gasteiger partial charge in [-0.25, -0.2) is 9.59 Å². The van der Waals surface area contributed by atoms with Crippen LogP contribution in [0.2, 0.25) is 5.02 Å². The number of carbonyl (C=O) groups excluding carboxylic acids is 2. The number of rotatable bonds is 5. The zero-order valence-electron chi connectivity index (χ0n) is 13.6. The molecular weight excluding hydrogens is 328 g/mol. The van der Waals surface area contributed by atoms with Gasteiger partial charge in [-0.3, -0.25) is 0 Å². The van der Waals surface area contributed by atoms with Crippen LogP contribution in [0.1, 0.15) is 28.4 Å². The summed E-state index contributed by atoms with van der Waals surface area (Å²) in [7, 11) is 0. The van der Waals surface area contributed by atoms with Gasteiger partial charge in [0.1, 0.15) is 0 Å². The van der Waals surface area contributed by atoms with Crippen LogP contribution in [0.4, 0.5) is 10.5 Å². The molecule has 0 aromatic heterocycles. The summed E-state index contributed by atoms with van der Waals surface area (Å²) in [5, 5.41) is 6.09. The monoisotopic (exact) mass is 346 g/mol. The molecule has 0 saturated heterocycles. The zero-order chi connectivity index (χ0) is 17.5. The molecule has 0 aliphatic heterocycles. The van der Waals surface area contributed by atoms with Crippen molar-refractivity contribution in [3.8, 4) is 0 Å². The highest BCUT2D eigenvalue weighted by molar-refractivity contribution is 6.31. The summed E-state index contributed by atoms with van der Waals surface area (Å²) in [4.78, 5) is 23.7. The van der Waals surface area contributed by atoms with Crippen molar-refractivity contribution in [3.63, 3.8) is 0 Å².